The summed E-state index contributed by atoms with van der Waals surface area (Å²) in [6, 6.07) is 6.88. The molecule has 0 aromatic heterocycles. The van der Waals surface area contributed by atoms with Gasteiger partial charge in [-0.25, -0.2) is 8.78 Å². The van der Waals surface area contributed by atoms with Gasteiger partial charge in [-0.3, -0.25) is 14.9 Å². The monoisotopic (exact) mass is 292 g/mol. The van der Waals surface area contributed by atoms with Crippen LogP contribution in [0.3, 0.4) is 0 Å². The predicted molar refractivity (Wildman–Crippen MR) is 72.1 cm³/mol. The maximum absolute atomic E-state index is 13.4. The molecule has 0 unspecified atom stereocenters. The molecule has 0 aliphatic rings. The van der Waals surface area contributed by atoms with E-state index in [2.05, 4.69) is 5.32 Å². The molecule has 0 heterocycles. The molecular formula is C14H10F2N2O3. The number of nitrogens with zero attached hydrogens (tertiary/aromatic N) is 1. The Morgan fingerprint density at radius 3 is 2.33 bits per heavy atom. The van der Waals surface area contributed by atoms with Gasteiger partial charge in [-0.1, -0.05) is 6.07 Å². The average molecular weight is 292 g/mol. The first-order valence-corrected chi connectivity index (χ1v) is 5.90. The van der Waals surface area contributed by atoms with E-state index >= 15 is 0 Å². The summed E-state index contributed by atoms with van der Waals surface area (Å²) in [5.41, 5.74) is -0.343. The number of nitrogens with one attached hydrogen (secondary N) is 1. The fourth-order valence-corrected chi connectivity index (χ4v) is 1.80. The highest BCUT2D eigenvalue weighted by molar-refractivity contribution is 6.04. The van der Waals surface area contributed by atoms with Gasteiger partial charge in [0.15, 0.2) is 0 Å². The maximum atomic E-state index is 13.4. The van der Waals surface area contributed by atoms with E-state index in [1.807, 2.05) is 0 Å². The second-order valence-corrected chi connectivity index (χ2v) is 4.31. The summed E-state index contributed by atoms with van der Waals surface area (Å²) in [4.78, 5) is 22.1. The second kappa shape index (κ2) is 5.66. The van der Waals surface area contributed by atoms with Crippen LogP contribution in [-0.4, -0.2) is 10.8 Å². The maximum Gasteiger partial charge on any atom is 0.272 e. The quantitative estimate of drug-likeness (QED) is 0.695. The number of para-hydroxylation sites is 1. The molecule has 21 heavy (non-hydrogen) atoms. The number of rotatable bonds is 3. The van der Waals surface area contributed by atoms with Gasteiger partial charge >= 0.3 is 0 Å². The van der Waals surface area contributed by atoms with E-state index in [0.29, 0.717) is 0 Å². The molecule has 0 saturated heterocycles. The summed E-state index contributed by atoms with van der Waals surface area (Å²) in [6.45, 7) is 1.47. The van der Waals surface area contributed by atoms with Crippen molar-refractivity contribution in [3.63, 3.8) is 0 Å². The summed E-state index contributed by atoms with van der Waals surface area (Å²) in [5, 5.41) is 12.8. The number of benzene rings is 2. The van der Waals surface area contributed by atoms with Crippen molar-refractivity contribution in [2.75, 3.05) is 5.32 Å². The van der Waals surface area contributed by atoms with Crippen LogP contribution >= 0.6 is 0 Å². The summed E-state index contributed by atoms with van der Waals surface area (Å²) in [6.07, 6.45) is 0. The molecule has 0 aliphatic carbocycles. The molecule has 108 valence electrons. The first kappa shape index (κ1) is 14.6. The second-order valence-electron chi connectivity index (χ2n) is 4.31. The molecule has 0 fully saturated rings. The third kappa shape index (κ3) is 3.02. The Balaban J connectivity index is 2.29. The summed E-state index contributed by atoms with van der Waals surface area (Å²) >= 11 is 0. The molecule has 1 amide bonds. The van der Waals surface area contributed by atoms with Gasteiger partial charge in [0.05, 0.1) is 4.92 Å². The topological polar surface area (TPSA) is 72.2 Å². The number of nitro benzene ring substituents is 1. The number of hydrogen-bond donors (Lipinski definition) is 1. The molecule has 2 aromatic carbocycles. The van der Waals surface area contributed by atoms with Crippen molar-refractivity contribution in [1.29, 1.82) is 0 Å². The van der Waals surface area contributed by atoms with Crippen LogP contribution in [-0.2, 0) is 0 Å². The predicted octanol–water partition coefficient (Wildman–Crippen LogP) is 3.43. The van der Waals surface area contributed by atoms with E-state index in [9.17, 15) is 23.7 Å². The van der Waals surface area contributed by atoms with Crippen LogP contribution in [0.2, 0.25) is 0 Å². The van der Waals surface area contributed by atoms with Gasteiger partial charge < -0.3 is 5.32 Å². The van der Waals surface area contributed by atoms with Crippen LogP contribution in [0.1, 0.15) is 15.9 Å². The van der Waals surface area contributed by atoms with Crippen LogP contribution < -0.4 is 5.32 Å². The van der Waals surface area contributed by atoms with E-state index < -0.39 is 28.2 Å². The number of hydrogen-bond acceptors (Lipinski definition) is 3. The third-order valence-electron chi connectivity index (χ3n) is 2.86. The van der Waals surface area contributed by atoms with Crippen molar-refractivity contribution in [3.05, 3.63) is 69.3 Å². The van der Waals surface area contributed by atoms with Crippen molar-refractivity contribution in [2.24, 2.45) is 0 Å². The number of halogens is 2. The molecule has 0 radical (unpaired) electrons. The Morgan fingerprint density at radius 2 is 1.81 bits per heavy atom. The summed E-state index contributed by atoms with van der Waals surface area (Å²) in [5.74, 6) is -2.55. The lowest BCUT2D eigenvalue weighted by atomic mass is 10.1. The van der Waals surface area contributed by atoms with Gasteiger partial charge in [-0.2, -0.15) is 0 Å². The highest BCUT2D eigenvalue weighted by Crippen LogP contribution is 2.22. The normalized spacial score (nSPS) is 10.2. The van der Waals surface area contributed by atoms with Gasteiger partial charge in [0.2, 0.25) is 0 Å². The Morgan fingerprint density at radius 1 is 1.19 bits per heavy atom. The molecule has 0 atom stereocenters. The minimum absolute atomic E-state index is 0.0701. The molecule has 5 nitrogen and oxygen atoms in total. The Labute approximate surface area is 118 Å². The van der Waals surface area contributed by atoms with E-state index in [1.165, 1.54) is 31.2 Å². The molecular weight excluding hydrogens is 282 g/mol. The lowest BCUT2D eigenvalue weighted by Gasteiger charge is -2.08. The zero-order valence-electron chi connectivity index (χ0n) is 10.9. The fraction of sp³-hybridized carbons (Fsp3) is 0.0714. The highest BCUT2D eigenvalue weighted by Gasteiger charge is 2.16. The summed E-state index contributed by atoms with van der Waals surface area (Å²) in [7, 11) is 0. The van der Waals surface area contributed by atoms with Gasteiger partial charge in [-0.05, 0) is 31.2 Å². The average Bonchev–Trinajstić information content (AvgIpc) is 2.42. The van der Waals surface area contributed by atoms with Crippen molar-refractivity contribution >= 4 is 17.3 Å². The lowest BCUT2D eigenvalue weighted by Crippen LogP contribution is -2.14. The Kier molecular flexibility index (Phi) is 3.93. The van der Waals surface area contributed by atoms with Crippen LogP contribution in [0.5, 0.6) is 0 Å². The largest absolute Gasteiger partial charge is 0.317 e. The smallest absolute Gasteiger partial charge is 0.272 e. The molecule has 2 aromatic rings. The highest BCUT2D eigenvalue weighted by atomic mass is 19.1. The van der Waals surface area contributed by atoms with Crippen molar-refractivity contribution in [2.45, 2.75) is 6.92 Å². The third-order valence-corrected chi connectivity index (χ3v) is 2.86. The first-order chi connectivity index (χ1) is 9.90. The number of anilines is 1. The SMILES string of the molecule is Cc1cc(C(=O)Nc2c(F)cccc2F)ccc1[N+](=O)[O-]. The number of amides is 1. The minimum atomic E-state index is -0.901. The standard InChI is InChI=1S/C14H10F2N2O3/c1-8-7-9(5-6-12(8)18(20)21)14(19)17-13-10(15)3-2-4-11(13)16/h2-7H,1H3,(H,17,19). The fourth-order valence-electron chi connectivity index (χ4n) is 1.80. The molecule has 0 aliphatic heterocycles. The number of nitro groups is 1. The van der Waals surface area contributed by atoms with E-state index in [0.717, 1.165) is 12.1 Å². The minimum Gasteiger partial charge on any atom is -0.317 e. The lowest BCUT2D eigenvalue weighted by molar-refractivity contribution is -0.385. The molecule has 1 N–H and O–H groups in total. The van der Waals surface area contributed by atoms with Crippen LogP contribution in [0.4, 0.5) is 20.2 Å². The van der Waals surface area contributed by atoms with E-state index in [-0.39, 0.29) is 16.8 Å². The van der Waals surface area contributed by atoms with E-state index in [1.54, 1.807) is 0 Å². The first-order valence-electron chi connectivity index (χ1n) is 5.90. The number of aryl methyl sites for hydroxylation is 1. The number of carbonyl (C=O) groups is 1. The zero-order chi connectivity index (χ0) is 15.6. The zero-order valence-corrected chi connectivity index (χ0v) is 10.9. The van der Waals surface area contributed by atoms with Crippen molar-refractivity contribution < 1.29 is 18.5 Å². The van der Waals surface area contributed by atoms with Gasteiger partial charge in [0.1, 0.15) is 17.3 Å². The van der Waals surface area contributed by atoms with E-state index in [4.69, 9.17) is 0 Å². The number of carbonyl (C=O) groups excluding carboxylic acids is 1. The molecule has 2 rings (SSSR count). The van der Waals surface area contributed by atoms with Gasteiger partial charge in [0.25, 0.3) is 11.6 Å². The van der Waals surface area contributed by atoms with Crippen LogP contribution in [0, 0.1) is 28.7 Å². The molecule has 7 heteroatoms. The van der Waals surface area contributed by atoms with Crippen LogP contribution in [0.25, 0.3) is 0 Å². The van der Waals surface area contributed by atoms with Crippen molar-refractivity contribution in [1.82, 2.24) is 0 Å². The molecule has 0 spiro atoms. The van der Waals surface area contributed by atoms with Crippen molar-refractivity contribution in [3.8, 4) is 0 Å². The Bertz CT molecular complexity index is 712. The molecule has 0 saturated carbocycles. The molecule has 0 bridgehead atoms. The van der Waals surface area contributed by atoms with Gasteiger partial charge in [-0.15, -0.1) is 0 Å². The summed E-state index contributed by atoms with van der Waals surface area (Å²) < 4.78 is 26.9. The van der Waals surface area contributed by atoms with Gasteiger partial charge in [0, 0.05) is 17.2 Å². The Hall–Kier alpha value is -2.83. The van der Waals surface area contributed by atoms with Crippen LogP contribution in [0.15, 0.2) is 36.4 Å².